The molecule has 1 atom stereocenters. The number of alkyl halides is 1. The molecule has 0 radical (unpaired) electrons. The van der Waals surface area contributed by atoms with Crippen LogP contribution in [0.4, 0.5) is 8.78 Å². The van der Waals surface area contributed by atoms with Crippen LogP contribution in [0.15, 0.2) is 12.1 Å². The second-order valence-corrected chi connectivity index (χ2v) is 8.23. The molecular weight excluding hydrogens is 254 g/mol. The molecule has 0 saturated heterocycles. The number of fused-ring (bicyclic) bond motifs is 1. The molecule has 0 heterocycles. The van der Waals surface area contributed by atoms with Gasteiger partial charge < -0.3 is 0 Å². The van der Waals surface area contributed by atoms with Crippen LogP contribution in [0.25, 0.3) is 0 Å². The molecule has 2 rings (SSSR count). The minimum Gasteiger partial charge on any atom is -0.242 e. The second kappa shape index (κ2) is 4.29. The minimum absolute atomic E-state index is 0.136. The van der Waals surface area contributed by atoms with E-state index in [0.29, 0.717) is 17.5 Å². The van der Waals surface area contributed by atoms with E-state index in [1.807, 2.05) is 6.07 Å². The highest BCUT2D eigenvalue weighted by molar-refractivity contribution is 5.47. The second-order valence-electron chi connectivity index (χ2n) is 8.23. The van der Waals surface area contributed by atoms with E-state index in [1.54, 1.807) is 13.0 Å². The summed E-state index contributed by atoms with van der Waals surface area (Å²) >= 11 is 0. The molecule has 1 unspecified atom stereocenters. The number of rotatable bonds is 0. The summed E-state index contributed by atoms with van der Waals surface area (Å²) in [4.78, 5) is 0. The summed E-state index contributed by atoms with van der Waals surface area (Å²) in [6, 6.07) is 3.74. The summed E-state index contributed by atoms with van der Waals surface area (Å²) in [5, 5.41) is 0. The highest BCUT2D eigenvalue weighted by atomic mass is 19.1. The molecule has 1 aliphatic rings. The minimum atomic E-state index is -1.21. The number of hydrogen-bond acceptors (Lipinski definition) is 0. The average Bonchev–Trinajstić information content (AvgIpc) is 2.57. The van der Waals surface area contributed by atoms with Crippen molar-refractivity contribution in [3.8, 4) is 0 Å². The van der Waals surface area contributed by atoms with E-state index in [0.717, 1.165) is 5.56 Å². The molecule has 2 heteroatoms. The third-order valence-corrected chi connectivity index (χ3v) is 5.19. The first-order chi connectivity index (χ1) is 8.93. The Labute approximate surface area is 121 Å². The van der Waals surface area contributed by atoms with Crippen molar-refractivity contribution in [2.45, 2.75) is 66.5 Å². The highest BCUT2D eigenvalue weighted by Gasteiger charge is 2.58. The van der Waals surface area contributed by atoms with Crippen LogP contribution in [0.2, 0.25) is 0 Å². The predicted octanol–water partition coefficient (Wildman–Crippen LogP) is 5.88. The van der Waals surface area contributed by atoms with Crippen LogP contribution in [-0.4, -0.2) is 0 Å². The van der Waals surface area contributed by atoms with Gasteiger partial charge in [0, 0.05) is 11.0 Å². The van der Waals surface area contributed by atoms with Crippen LogP contribution >= 0.6 is 0 Å². The van der Waals surface area contributed by atoms with Gasteiger partial charge in [0.05, 0.1) is 0 Å². The molecule has 0 spiro atoms. The number of halogens is 2. The highest BCUT2D eigenvalue weighted by Crippen LogP contribution is 2.63. The van der Waals surface area contributed by atoms with Crippen molar-refractivity contribution in [1.29, 1.82) is 0 Å². The zero-order chi connectivity index (χ0) is 15.5. The van der Waals surface area contributed by atoms with Crippen LogP contribution in [0.5, 0.6) is 0 Å². The van der Waals surface area contributed by atoms with Crippen molar-refractivity contribution < 1.29 is 8.78 Å². The molecular formula is C18H26F2. The molecule has 20 heavy (non-hydrogen) atoms. The third kappa shape index (κ3) is 1.83. The summed E-state index contributed by atoms with van der Waals surface area (Å²) in [5.74, 6) is -0.356. The van der Waals surface area contributed by atoms with Gasteiger partial charge in [-0.2, -0.15) is 0 Å². The zero-order valence-corrected chi connectivity index (χ0v) is 13.7. The molecule has 0 nitrogen and oxygen atoms in total. The molecule has 0 aromatic heterocycles. The van der Waals surface area contributed by atoms with Gasteiger partial charge in [-0.3, -0.25) is 0 Å². The lowest BCUT2D eigenvalue weighted by Crippen LogP contribution is -2.48. The van der Waals surface area contributed by atoms with Crippen molar-refractivity contribution in [2.75, 3.05) is 0 Å². The largest absolute Gasteiger partial charge is 0.242 e. The van der Waals surface area contributed by atoms with Crippen LogP contribution < -0.4 is 0 Å². The van der Waals surface area contributed by atoms with Gasteiger partial charge in [0.25, 0.3) is 0 Å². The summed E-state index contributed by atoms with van der Waals surface area (Å²) in [5.41, 5.74) is 1.07. The quantitative estimate of drug-likeness (QED) is 0.557. The van der Waals surface area contributed by atoms with Crippen LogP contribution in [-0.2, 0) is 5.41 Å². The van der Waals surface area contributed by atoms with E-state index in [2.05, 4.69) is 41.5 Å². The van der Waals surface area contributed by atoms with Crippen molar-refractivity contribution in [1.82, 2.24) is 0 Å². The molecule has 112 valence electrons. The van der Waals surface area contributed by atoms with Crippen molar-refractivity contribution >= 4 is 0 Å². The Kier molecular flexibility index (Phi) is 3.31. The Balaban J connectivity index is 2.83. The van der Waals surface area contributed by atoms with Gasteiger partial charge >= 0.3 is 0 Å². The van der Waals surface area contributed by atoms with E-state index >= 15 is 0 Å². The molecule has 0 bridgehead atoms. The van der Waals surface area contributed by atoms with Gasteiger partial charge in [-0.05, 0) is 35.3 Å². The fourth-order valence-electron chi connectivity index (χ4n) is 4.41. The maximum atomic E-state index is 14.7. The predicted molar refractivity (Wildman–Crippen MR) is 80.2 cm³/mol. The van der Waals surface area contributed by atoms with Gasteiger partial charge in [-0.15, -0.1) is 0 Å². The number of aryl methyl sites for hydroxylation is 1. The Morgan fingerprint density at radius 1 is 1.05 bits per heavy atom. The lowest BCUT2D eigenvalue weighted by atomic mass is 9.51. The van der Waals surface area contributed by atoms with Gasteiger partial charge in [0.15, 0.2) is 0 Å². The number of benzene rings is 1. The monoisotopic (exact) mass is 280 g/mol. The summed E-state index contributed by atoms with van der Waals surface area (Å²) in [7, 11) is 0. The lowest BCUT2D eigenvalue weighted by Gasteiger charge is -2.52. The maximum Gasteiger partial charge on any atom is 0.132 e. The van der Waals surface area contributed by atoms with E-state index in [-0.39, 0.29) is 22.1 Å². The van der Waals surface area contributed by atoms with E-state index in [1.165, 1.54) is 0 Å². The van der Waals surface area contributed by atoms with Crippen LogP contribution in [0.3, 0.4) is 0 Å². The Morgan fingerprint density at radius 3 is 2.00 bits per heavy atom. The molecule has 1 aromatic carbocycles. The van der Waals surface area contributed by atoms with Gasteiger partial charge in [-0.1, -0.05) is 53.7 Å². The first-order valence-electron chi connectivity index (χ1n) is 7.37. The fraction of sp³-hybridized carbons (Fsp3) is 0.667. The normalized spacial score (nSPS) is 21.9. The van der Waals surface area contributed by atoms with Crippen molar-refractivity contribution in [2.24, 2.45) is 10.8 Å². The summed E-state index contributed by atoms with van der Waals surface area (Å²) in [6.45, 7) is 14.5. The van der Waals surface area contributed by atoms with E-state index in [9.17, 15) is 8.78 Å². The molecule has 0 N–H and O–H groups in total. The molecule has 0 aliphatic heterocycles. The van der Waals surface area contributed by atoms with Gasteiger partial charge in [0.1, 0.15) is 12.0 Å². The Bertz CT molecular complexity index is 516. The van der Waals surface area contributed by atoms with Crippen molar-refractivity contribution in [3.63, 3.8) is 0 Å². The average molecular weight is 280 g/mol. The van der Waals surface area contributed by atoms with Crippen LogP contribution in [0, 0.1) is 23.6 Å². The molecule has 1 aliphatic carbocycles. The standard InChI is InChI=1S/C18H26F2/c1-11-8-9-12-14(15(11)20)13(19)10-18(12,16(2,3)4)17(5,6)7/h8-9,13H,10H2,1-7H3. The number of hydrogen-bond donors (Lipinski definition) is 0. The molecule has 0 amide bonds. The van der Waals surface area contributed by atoms with Gasteiger partial charge in [0.2, 0.25) is 0 Å². The van der Waals surface area contributed by atoms with E-state index in [4.69, 9.17) is 0 Å². The molecule has 1 aromatic rings. The third-order valence-electron chi connectivity index (χ3n) is 5.19. The lowest BCUT2D eigenvalue weighted by molar-refractivity contribution is 0.0362. The smallest absolute Gasteiger partial charge is 0.132 e. The SMILES string of the molecule is Cc1ccc2c(c1F)C(F)CC2(C(C)(C)C)C(C)(C)C. The van der Waals surface area contributed by atoms with Crippen LogP contribution in [0.1, 0.15) is 70.8 Å². The molecule has 0 saturated carbocycles. The van der Waals surface area contributed by atoms with Gasteiger partial charge in [-0.25, -0.2) is 8.78 Å². The summed E-state index contributed by atoms with van der Waals surface area (Å²) in [6.07, 6.45) is -0.834. The Morgan fingerprint density at radius 2 is 1.55 bits per heavy atom. The fourth-order valence-corrected chi connectivity index (χ4v) is 4.41. The van der Waals surface area contributed by atoms with Crippen molar-refractivity contribution in [3.05, 3.63) is 34.6 Å². The zero-order valence-electron chi connectivity index (χ0n) is 13.7. The first kappa shape index (κ1) is 15.5. The van der Waals surface area contributed by atoms with E-state index < -0.39 is 6.17 Å². The summed E-state index contributed by atoms with van der Waals surface area (Å²) < 4.78 is 29.1. The Hall–Kier alpha value is -0.920. The maximum absolute atomic E-state index is 14.7. The first-order valence-corrected chi connectivity index (χ1v) is 7.37. The topological polar surface area (TPSA) is 0 Å². The molecule has 0 fully saturated rings.